The number of guanidine groups is 1. The lowest BCUT2D eigenvalue weighted by atomic mass is 9.94. The predicted octanol–water partition coefficient (Wildman–Crippen LogP) is 2.68. The Morgan fingerprint density at radius 3 is 2.52 bits per heavy atom. The summed E-state index contributed by atoms with van der Waals surface area (Å²) in [4.78, 5) is 28.1. The first kappa shape index (κ1) is 36.4. The molecule has 0 unspecified atom stereocenters. The van der Waals surface area contributed by atoms with Gasteiger partial charge in [0.05, 0.1) is 18.6 Å². The molecule has 0 saturated carbocycles. The van der Waals surface area contributed by atoms with E-state index in [1.54, 1.807) is 39.1 Å². The Bertz CT molecular complexity index is 1570. The van der Waals surface area contributed by atoms with Crippen LogP contribution in [0.1, 0.15) is 67.3 Å². The summed E-state index contributed by atoms with van der Waals surface area (Å²) >= 11 is 0. The van der Waals surface area contributed by atoms with Crippen molar-refractivity contribution in [1.29, 1.82) is 0 Å². The van der Waals surface area contributed by atoms with Gasteiger partial charge < -0.3 is 35.7 Å². The summed E-state index contributed by atoms with van der Waals surface area (Å²) in [6, 6.07) is 4.23. The number of methoxy groups -OCH3 is 1. The molecule has 0 spiro atoms. The van der Waals surface area contributed by atoms with Gasteiger partial charge in [-0.25, -0.2) is 13.1 Å². The number of esters is 1. The lowest BCUT2D eigenvalue weighted by Gasteiger charge is -2.19. The number of carbonyl (C=O) groups is 2. The molecule has 0 fully saturated rings. The summed E-state index contributed by atoms with van der Waals surface area (Å²) in [6.07, 6.45) is 2.15. The third kappa shape index (κ3) is 9.25. The van der Waals surface area contributed by atoms with Crippen molar-refractivity contribution in [3.05, 3.63) is 46.0 Å². The van der Waals surface area contributed by atoms with Crippen LogP contribution in [0.15, 0.2) is 28.1 Å². The molecule has 0 saturated heterocycles. The smallest absolute Gasteiger partial charge is 0.323 e. The molecule has 0 bridgehead atoms. The number of nitrogens with zero attached hydrogens (tertiary/aromatic N) is 1. The van der Waals surface area contributed by atoms with Crippen molar-refractivity contribution in [2.75, 3.05) is 27.3 Å². The maximum atomic E-state index is 13.3. The van der Waals surface area contributed by atoms with Crippen molar-refractivity contribution in [1.82, 2.24) is 10.0 Å². The number of aliphatic imine (C=N–C) groups is 1. The van der Waals surface area contributed by atoms with Crippen molar-refractivity contribution in [2.45, 2.75) is 89.9 Å². The van der Waals surface area contributed by atoms with Gasteiger partial charge in [0.2, 0.25) is 11.9 Å². The predicted molar refractivity (Wildman–Crippen MR) is 175 cm³/mol. The van der Waals surface area contributed by atoms with Crippen molar-refractivity contribution in [2.24, 2.45) is 16.5 Å². The number of nitrogens with two attached hydrogens (primary N) is 2. The lowest BCUT2D eigenvalue weighted by Crippen LogP contribution is -2.38. The highest BCUT2D eigenvalue weighted by molar-refractivity contribution is 7.90. The summed E-state index contributed by atoms with van der Waals surface area (Å²) in [5.74, 6) is 0.881. The highest BCUT2D eigenvalue weighted by Crippen LogP contribution is 2.43. The molecule has 13 nitrogen and oxygen atoms in total. The third-order valence-corrected chi connectivity index (χ3v) is 9.41. The molecule has 1 amide bonds. The van der Waals surface area contributed by atoms with Crippen LogP contribution in [-0.2, 0) is 37.4 Å². The number of nitrogens with one attached hydrogen (secondary N) is 2. The van der Waals surface area contributed by atoms with Gasteiger partial charge in [0, 0.05) is 43.6 Å². The molecule has 0 aromatic heterocycles. The van der Waals surface area contributed by atoms with Crippen LogP contribution in [-0.4, -0.2) is 65.2 Å². The van der Waals surface area contributed by atoms with Gasteiger partial charge in [-0.05, 0) is 82.7 Å². The van der Waals surface area contributed by atoms with Crippen molar-refractivity contribution < 1.29 is 37.0 Å². The first-order valence-corrected chi connectivity index (χ1v) is 16.7. The van der Waals surface area contributed by atoms with E-state index >= 15 is 0 Å². The Labute approximate surface area is 271 Å². The number of benzene rings is 2. The van der Waals surface area contributed by atoms with Gasteiger partial charge in [0.25, 0.3) is 10.0 Å². The Balaban J connectivity index is 1.49. The van der Waals surface area contributed by atoms with Crippen LogP contribution >= 0.6 is 0 Å². The third-order valence-electron chi connectivity index (χ3n) is 7.78. The molecule has 1 heterocycles. The van der Waals surface area contributed by atoms with Crippen molar-refractivity contribution in [3.63, 3.8) is 0 Å². The minimum absolute atomic E-state index is 0.0514. The molecule has 6 N–H and O–H groups in total. The van der Waals surface area contributed by atoms with Gasteiger partial charge in [-0.2, -0.15) is 0 Å². The van der Waals surface area contributed by atoms with Crippen LogP contribution in [0.3, 0.4) is 0 Å². The summed E-state index contributed by atoms with van der Waals surface area (Å²) in [5, 5.41) is 2.56. The Morgan fingerprint density at radius 1 is 1.13 bits per heavy atom. The van der Waals surface area contributed by atoms with Gasteiger partial charge in [-0.1, -0.05) is 0 Å². The largest absolute Gasteiger partial charge is 0.496 e. The van der Waals surface area contributed by atoms with E-state index in [9.17, 15) is 18.0 Å². The van der Waals surface area contributed by atoms with Crippen LogP contribution in [0.25, 0.3) is 0 Å². The fourth-order valence-electron chi connectivity index (χ4n) is 5.23. The van der Waals surface area contributed by atoms with Crippen LogP contribution in [0.2, 0.25) is 0 Å². The average Bonchev–Trinajstić information content (AvgIpc) is 3.34. The van der Waals surface area contributed by atoms with E-state index in [4.69, 9.17) is 30.4 Å². The van der Waals surface area contributed by atoms with E-state index in [0.717, 1.165) is 16.9 Å². The molecule has 0 radical (unpaired) electrons. The maximum absolute atomic E-state index is 13.3. The van der Waals surface area contributed by atoms with Crippen LogP contribution in [0.4, 0.5) is 0 Å². The average molecular weight is 662 g/mol. The number of rotatable bonds is 15. The van der Waals surface area contributed by atoms with E-state index in [1.807, 2.05) is 20.8 Å². The Hall–Kier alpha value is -4.04. The highest BCUT2D eigenvalue weighted by Gasteiger charge is 2.36. The second kappa shape index (κ2) is 15.5. The monoisotopic (exact) mass is 661 g/mol. The van der Waals surface area contributed by atoms with E-state index < -0.39 is 27.6 Å². The zero-order valence-electron chi connectivity index (χ0n) is 27.7. The van der Waals surface area contributed by atoms with Crippen molar-refractivity contribution >= 4 is 27.9 Å². The van der Waals surface area contributed by atoms with E-state index in [-0.39, 0.29) is 36.3 Å². The molecule has 254 valence electrons. The standard InChI is InChI=1S/C32H47N5O8S/c1-19-20(2)29(21(3)24-17-32(4,5)45-28(19)24)46(40,41)37-31(34)36-14-8-10-25(33)30(39)44-18-22-12-13-23(16-26(22)42-7)43-15-9-11-27(38)35-6/h12-13,16,25H,8-11,14-15,17-18,33H2,1-7H3,(H,35,38)(H3,34,36,37)/t25-/m0/s1. The molecule has 0 aliphatic carbocycles. The number of sulfonamides is 1. The van der Waals surface area contributed by atoms with E-state index in [1.165, 1.54) is 7.11 Å². The Kier molecular flexibility index (Phi) is 12.3. The number of amides is 1. The SMILES string of the molecule is CNC(=O)CCCOc1ccc(COC(=O)[C@@H](N)CCCN=C(N)NS(=O)(=O)c2c(C)c(C)c3c(c2C)CC(C)(C)O3)c(OC)c1. The first-order chi connectivity index (χ1) is 21.6. The van der Waals surface area contributed by atoms with Gasteiger partial charge in [0.1, 0.15) is 35.5 Å². The van der Waals surface area contributed by atoms with Gasteiger partial charge in [0.15, 0.2) is 0 Å². The first-order valence-electron chi connectivity index (χ1n) is 15.2. The topological polar surface area (TPSA) is 194 Å². The molecule has 14 heteroatoms. The molecule has 1 aliphatic heterocycles. The number of hydrogen-bond donors (Lipinski definition) is 4. The van der Waals surface area contributed by atoms with Gasteiger partial charge in [-0.15, -0.1) is 0 Å². The molecular weight excluding hydrogens is 614 g/mol. The highest BCUT2D eigenvalue weighted by atomic mass is 32.2. The number of hydrogen-bond acceptors (Lipinski definition) is 10. The fourth-order valence-corrected chi connectivity index (χ4v) is 6.76. The zero-order chi connectivity index (χ0) is 34.2. The second-order valence-corrected chi connectivity index (χ2v) is 13.5. The number of ether oxygens (including phenoxy) is 4. The fraction of sp³-hybridized carbons (Fsp3) is 0.531. The van der Waals surface area contributed by atoms with Crippen molar-refractivity contribution in [3.8, 4) is 17.2 Å². The molecule has 1 aliphatic rings. The van der Waals surface area contributed by atoms with Crippen LogP contribution in [0, 0.1) is 20.8 Å². The molecule has 3 rings (SSSR count). The summed E-state index contributed by atoms with van der Waals surface area (Å²) in [5.41, 5.74) is 15.1. The van der Waals surface area contributed by atoms with Gasteiger partial charge in [-0.3, -0.25) is 14.6 Å². The normalized spacial score (nSPS) is 14.6. The summed E-state index contributed by atoms with van der Waals surface area (Å²) in [6.45, 7) is 9.78. The number of fused-ring (bicyclic) bond motifs is 1. The van der Waals surface area contributed by atoms with E-state index in [0.29, 0.717) is 60.5 Å². The zero-order valence-corrected chi connectivity index (χ0v) is 28.6. The lowest BCUT2D eigenvalue weighted by molar-refractivity contribution is -0.146. The minimum atomic E-state index is -4.01. The maximum Gasteiger partial charge on any atom is 0.323 e. The minimum Gasteiger partial charge on any atom is -0.496 e. The summed E-state index contributed by atoms with van der Waals surface area (Å²) in [7, 11) is -0.930. The molecule has 46 heavy (non-hydrogen) atoms. The summed E-state index contributed by atoms with van der Waals surface area (Å²) < 4.78 is 51.6. The molecular formula is C32H47N5O8S. The molecule has 1 atom stereocenters. The van der Waals surface area contributed by atoms with E-state index in [2.05, 4.69) is 15.0 Å². The van der Waals surface area contributed by atoms with Crippen LogP contribution in [0.5, 0.6) is 17.2 Å². The number of carbonyl (C=O) groups excluding carboxylic acids is 2. The van der Waals surface area contributed by atoms with Gasteiger partial charge >= 0.3 is 5.97 Å². The molecule has 2 aromatic rings. The van der Waals surface area contributed by atoms with Crippen LogP contribution < -0.4 is 35.7 Å². The quantitative estimate of drug-likeness (QED) is 0.0954. The second-order valence-electron chi connectivity index (χ2n) is 11.9. The Morgan fingerprint density at radius 2 is 1.85 bits per heavy atom. The molecule has 2 aromatic carbocycles.